The van der Waals surface area contributed by atoms with Crippen LogP contribution < -0.4 is 10.6 Å². The number of aliphatic hydroxyl groups excluding tert-OH is 1. The minimum absolute atomic E-state index is 0.149. The number of nitrogens with one attached hydrogen (secondary N) is 2. The van der Waals surface area contributed by atoms with E-state index in [1.807, 2.05) is 13.8 Å². The first kappa shape index (κ1) is 19.6. The van der Waals surface area contributed by atoms with E-state index in [1.54, 1.807) is 12.1 Å². The summed E-state index contributed by atoms with van der Waals surface area (Å²) in [5.74, 6) is -1.30. The Labute approximate surface area is 154 Å². The third kappa shape index (κ3) is 5.66. The molecule has 0 saturated carbocycles. The summed E-state index contributed by atoms with van der Waals surface area (Å²) in [6.45, 7) is 4.50. The molecule has 1 aromatic carbocycles. The molecule has 8 heteroatoms. The number of guanidine groups is 1. The third-order valence-electron chi connectivity index (χ3n) is 3.49. The molecule has 0 aliphatic heterocycles. The fourth-order valence-corrected chi connectivity index (χ4v) is 3.20. The maximum atomic E-state index is 13.4. The Morgan fingerprint density at radius 2 is 2.04 bits per heavy atom. The molecular formula is C17H20ClF2N3OS. The number of aliphatic hydroxyl groups is 1. The number of benzene rings is 1. The molecule has 136 valence electrons. The number of thiophene rings is 1. The van der Waals surface area contributed by atoms with Crippen molar-refractivity contribution in [1.82, 2.24) is 10.6 Å². The van der Waals surface area contributed by atoms with Gasteiger partial charge in [-0.1, -0.05) is 17.7 Å². The lowest BCUT2D eigenvalue weighted by atomic mass is 10.1. The molecule has 0 radical (unpaired) electrons. The van der Waals surface area contributed by atoms with Gasteiger partial charge in [0.25, 0.3) is 0 Å². The van der Waals surface area contributed by atoms with Crippen molar-refractivity contribution in [1.29, 1.82) is 0 Å². The second kappa shape index (κ2) is 9.12. The number of halogens is 3. The van der Waals surface area contributed by atoms with Crippen LogP contribution in [0.4, 0.5) is 8.78 Å². The van der Waals surface area contributed by atoms with Crippen molar-refractivity contribution in [2.24, 2.45) is 4.99 Å². The molecule has 0 bridgehead atoms. The van der Waals surface area contributed by atoms with Crippen LogP contribution in [-0.2, 0) is 0 Å². The standard InChI is InChI=1S/C17H20ClF2N3OS/c1-3-21-17(22-9-14(24)15-6-7-16(18)25-15)23-10(2)11-4-5-12(19)13(20)8-11/h4-8,10,14,24H,3,9H2,1-2H3,(H2,21,22,23). The van der Waals surface area contributed by atoms with Gasteiger partial charge in [0.2, 0.25) is 0 Å². The minimum Gasteiger partial charge on any atom is -0.386 e. The van der Waals surface area contributed by atoms with Crippen LogP contribution in [0.5, 0.6) is 0 Å². The second-order valence-corrected chi connectivity index (χ2v) is 7.16. The quantitative estimate of drug-likeness (QED) is 0.518. The number of rotatable bonds is 6. The molecule has 0 fully saturated rings. The van der Waals surface area contributed by atoms with E-state index < -0.39 is 17.7 Å². The maximum absolute atomic E-state index is 13.4. The lowest BCUT2D eigenvalue weighted by Crippen LogP contribution is -2.39. The summed E-state index contributed by atoms with van der Waals surface area (Å²) in [6, 6.07) is 6.96. The Morgan fingerprint density at radius 3 is 2.64 bits per heavy atom. The summed E-state index contributed by atoms with van der Waals surface area (Å²) in [5.41, 5.74) is 0.593. The fourth-order valence-electron chi connectivity index (χ4n) is 2.17. The van der Waals surface area contributed by atoms with Gasteiger partial charge in [-0.15, -0.1) is 11.3 Å². The van der Waals surface area contributed by atoms with Crippen molar-refractivity contribution in [3.8, 4) is 0 Å². The van der Waals surface area contributed by atoms with Crippen LogP contribution in [0.2, 0.25) is 4.34 Å². The first-order chi connectivity index (χ1) is 11.9. The smallest absolute Gasteiger partial charge is 0.191 e. The van der Waals surface area contributed by atoms with E-state index in [-0.39, 0.29) is 12.6 Å². The van der Waals surface area contributed by atoms with Gasteiger partial charge >= 0.3 is 0 Å². The number of hydrogen-bond acceptors (Lipinski definition) is 3. The molecule has 1 heterocycles. The zero-order valence-corrected chi connectivity index (χ0v) is 15.5. The van der Waals surface area contributed by atoms with Crippen LogP contribution in [0, 0.1) is 11.6 Å². The largest absolute Gasteiger partial charge is 0.386 e. The average Bonchev–Trinajstić information content (AvgIpc) is 3.01. The van der Waals surface area contributed by atoms with Crippen LogP contribution in [0.1, 0.15) is 36.4 Å². The molecule has 0 spiro atoms. The first-order valence-electron chi connectivity index (χ1n) is 7.83. The highest BCUT2D eigenvalue weighted by Gasteiger charge is 2.13. The average molecular weight is 388 g/mol. The summed E-state index contributed by atoms with van der Waals surface area (Å²) in [5, 5.41) is 16.3. The Kier molecular flexibility index (Phi) is 7.16. The molecule has 3 N–H and O–H groups in total. The summed E-state index contributed by atoms with van der Waals surface area (Å²) >= 11 is 7.17. The summed E-state index contributed by atoms with van der Waals surface area (Å²) in [7, 11) is 0. The molecule has 2 atom stereocenters. The molecule has 0 saturated heterocycles. The van der Waals surface area contributed by atoms with Crippen molar-refractivity contribution in [3.05, 3.63) is 56.7 Å². The molecule has 4 nitrogen and oxygen atoms in total. The second-order valence-electron chi connectivity index (χ2n) is 5.42. The molecule has 0 amide bonds. The molecule has 0 aliphatic rings. The van der Waals surface area contributed by atoms with E-state index in [1.165, 1.54) is 17.4 Å². The van der Waals surface area contributed by atoms with Gasteiger partial charge in [0, 0.05) is 11.4 Å². The van der Waals surface area contributed by atoms with Gasteiger partial charge in [-0.3, -0.25) is 4.99 Å². The van der Waals surface area contributed by atoms with Gasteiger partial charge in [-0.25, -0.2) is 8.78 Å². The Hall–Kier alpha value is -1.70. The molecule has 2 rings (SSSR count). The van der Waals surface area contributed by atoms with E-state index in [9.17, 15) is 13.9 Å². The zero-order valence-electron chi connectivity index (χ0n) is 13.9. The van der Waals surface area contributed by atoms with Gasteiger partial charge in [0.1, 0.15) is 6.10 Å². The van der Waals surface area contributed by atoms with Crippen LogP contribution in [0.25, 0.3) is 0 Å². The normalized spacial score (nSPS) is 14.2. The highest BCUT2D eigenvalue weighted by atomic mass is 35.5. The van der Waals surface area contributed by atoms with Crippen LogP contribution >= 0.6 is 22.9 Å². The molecule has 2 aromatic rings. The predicted octanol–water partition coefficient (Wildman–Crippen LogP) is 4.03. The zero-order chi connectivity index (χ0) is 18.4. The maximum Gasteiger partial charge on any atom is 0.191 e. The number of hydrogen-bond donors (Lipinski definition) is 3. The van der Waals surface area contributed by atoms with Gasteiger partial charge < -0.3 is 15.7 Å². The lowest BCUT2D eigenvalue weighted by molar-refractivity contribution is 0.191. The highest BCUT2D eigenvalue weighted by molar-refractivity contribution is 7.16. The monoisotopic (exact) mass is 387 g/mol. The fraction of sp³-hybridized carbons (Fsp3) is 0.353. The summed E-state index contributed by atoms with van der Waals surface area (Å²) in [4.78, 5) is 5.08. The van der Waals surface area contributed by atoms with Crippen molar-refractivity contribution in [3.63, 3.8) is 0 Å². The Balaban J connectivity index is 2.04. The highest BCUT2D eigenvalue weighted by Crippen LogP contribution is 2.27. The van der Waals surface area contributed by atoms with E-state index in [2.05, 4.69) is 15.6 Å². The van der Waals surface area contributed by atoms with Crippen molar-refractivity contribution < 1.29 is 13.9 Å². The van der Waals surface area contributed by atoms with Gasteiger partial charge in [0.05, 0.1) is 16.9 Å². The van der Waals surface area contributed by atoms with Crippen molar-refractivity contribution in [2.45, 2.75) is 26.0 Å². The van der Waals surface area contributed by atoms with Gasteiger partial charge in [0.15, 0.2) is 17.6 Å². The lowest BCUT2D eigenvalue weighted by Gasteiger charge is -2.19. The van der Waals surface area contributed by atoms with Crippen molar-refractivity contribution >= 4 is 28.9 Å². The van der Waals surface area contributed by atoms with Crippen LogP contribution in [0.15, 0.2) is 35.3 Å². The van der Waals surface area contributed by atoms with Crippen LogP contribution in [-0.4, -0.2) is 24.2 Å². The third-order valence-corrected chi connectivity index (χ3v) is 4.82. The van der Waals surface area contributed by atoms with Gasteiger partial charge in [-0.05, 0) is 43.7 Å². The van der Waals surface area contributed by atoms with Gasteiger partial charge in [-0.2, -0.15) is 0 Å². The van der Waals surface area contributed by atoms with E-state index in [0.29, 0.717) is 22.4 Å². The van der Waals surface area contributed by atoms with E-state index in [0.717, 1.165) is 17.0 Å². The molecule has 1 aromatic heterocycles. The topological polar surface area (TPSA) is 56.7 Å². The number of nitrogens with zero attached hydrogens (tertiary/aromatic N) is 1. The van der Waals surface area contributed by atoms with E-state index >= 15 is 0 Å². The SMILES string of the molecule is CCNC(=NCC(O)c1ccc(Cl)s1)NC(C)c1ccc(F)c(F)c1. The van der Waals surface area contributed by atoms with E-state index in [4.69, 9.17) is 11.6 Å². The van der Waals surface area contributed by atoms with Crippen molar-refractivity contribution in [2.75, 3.05) is 13.1 Å². The molecule has 25 heavy (non-hydrogen) atoms. The predicted molar refractivity (Wildman–Crippen MR) is 98.2 cm³/mol. The molecule has 0 aliphatic carbocycles. The molecular weight excluding hydrogens is 368 g/mol. The molecule has 2 unspecified atom stereocenters. The first-order valence-corrected chi connectivity index (χ1v) is 9.03. The Morgan fingerprint density at radius 1 is 1.28 bits per heavy atom. The Bertz CT molecular complexity index is 738. The minimum atomic E-state index is -0.891. The summed E-state index contributed by atoms with van der Waals surface area (Å²) in [6.07, 6.45) is -0.758. The van der Waals surface area contributed by atoms with Crippen LogP contribution in [0.3, 0.4) is 0 Å². The number of aliphatic imine (C=N–C) groups is 1. The summed E-state index contributed by atoms with van der Waals surface area (Å²) < 4.78 is 27.0.